The van der Waals surface area contributed by atoms with Gasteiger partial charge < -0.3 is 4.57 Å². The van der Waals surface area contributed by atoms with Gasteiger partial charge in [-0.2, -0.15) is 0 Å². The van der Waals surface area contributed by atoms with Crippen LogP contribution in [0.15, 0.2) is 170 Å². The van der Waals surface area contributed by atoms with Crippen molar-refractivity contribution in [3.63, 3.8) is 0 Å². The summed E-state index contributed by atoms with van der Waals surface area (Å²) < 4.78 is 2.40. The van der Waals surface area contributed by atoms with Crippen LogP contribution in [0, 0.1) is 0 Å². The van der Waals surface area contributed by atoms with Crippen molar-refractivity contribution in [2.75, 3.05) is 0 Å². The highest BCUT2D eigenvalue weighted by Gasteiger charge is 2.16. The summed E-state index contributed by atoms with van der Waals surface area (Å²) >= 11 is 0. The van der Waals surface area contributed by atoms with E-state index in [4.69, 9.17) is 4.98 Å². The maximum atomic E-state index is 5.04. The monoisotopic (exact) mass is 572 g/mol. The van der Waals surface area contributed by atoms with Crippen LogP contribution < -0.4 is 0 Å². The van der Waals surface area contributed by atoms with Crippen LogP contribution in [0.2, 0.25) is 0 Å². The van der Waals surface area contributed by atoms with E-state index >= 15 is 0 Å². The van der Waals surface area contributed by atoms with Gasteiger partial charge in [-0.3, -0.25) is 0 Å². The summed E-state index contributed by atoms with van der Waals surface area (Å²) in [4.78, 5) is 5.04. The van der Waals surface area contributed by atoms with Crippen molar-refractivity contribution in [3.05, 3.63) is 170 Å². The number of hydrogen-bond acceptors (Lipinski definition) is 1. The molecule has 2 nitrogen and oxygen atoms in total. The van der Waals surface area contributed by atoms with E-state index < -0.39 is 0 Å². The Hall–Kier alpha value is -5.99. The first-order valence-electron chi connectivity index (χ1n) is 15.4. The van der Waals surface area contributed by atoms with Crippen LogP contribution in [0.1, 0.15) is 0 Å². The van der Waals surface area contributed by atoms with Crippen LogP contribution in [0.5, 0.6) is 0 Å². The highest BCUT2D eigenvalue weighted by Crippen LogP contribution is 2.39. The average Bonchev–Trinajstić information content (AvgIpc) is 3.47. The molecule has 0 bridgehead atoms. The first-order chi connectivity index (χ1) is 22.3. The molecular formula is C43H28N2. The molecule has 0 spiro atoms. The lowest BCUT2D eigenvalue weighted by Crippen LogP contribution is -1.93. The predicted molar refractivity (Wildman–Crippen MR) is 189 cm³/mol. The summed E-state index contributed by atoms with van der Waals surface area (Å²) in [5.74, 6) is 0. The first-order valence-corrected chi connectivity index (χ1v) is 15.4. The number of aromatic nitrogens is 2. The van der Waals surface area contributed by atoms with Crippen LogP contribution in [0.25, 0.3) is 83.0 Å². The maximum Gasteiger partial charge on any atom is 0.0715 e. The highest BCUT2D eigenvalue weighted by molar-refractivity contribution is 6.24. The van der Waals surface area contributed by atoms with E-state index in [-0.39, 0.29) is 0 Å². The van der Waals surface area contributed by atoms with E-state index in [9.17, 15) is 0 Å². The molecule has 0 unspecified atom stereocenters. The molecule has 2 heteroatoms. The lowest BCUT2D eigenvalue weighted by Gasteiger charge is -2.12. The predicted octanol–water partition coefficient (Wildman–Crippen LogP) is 11.4. The van der Waals surface area contributed by atoms with Gasteiger partial charge in [-0.25, -0.2) is 4.98 Å². The second-order valence-electron chi connectivity index (χ2n) is 11.6. The molecule has 0 amide bonds. The van der Waals surface area contributed by atoms with Crippen LogP contribution in [-0.4, -0.2) is 9.55 Å². The van der Waals surface area contributed by atoms with E-state index in [1.807, 2.05) is 12.1 Å². The zero-order chi connectivity index (χ0) is 29.7. The summed E-state index contributed by atoms with van der Waals surface area (Å²) in [7, 11) is 0. The number of hydrogen-bond donors (Lipinski definition) is 0. The third-order valence-electron chi connectivity index (χ3n) is 8.97. The van der Waals surface area contributed by atoms with E-state index in [1.54, 1.807) is 0 Å². The van der Waals surface area contributed by atoms with Gasteiger partial charge in [-0.1, -0.05) is 133 Å². The maximum absolute atomic E-state index is 5.04. The summed E-state index contributed by atoms with van der Waals surface area (Å²) in [6.07, 6.45) is 0. The van der Waals surface area contributed by atoms with Crippen molar-refractivity contribution >= 4 is 32.6 Å². The molecular weight excluding hydrogens is 544 g/mol. The summed E-state index contributed by atoms with van der Waals surface area (Å²) in [6, 6.07) is 60.8. The van der Waals surface area contributed by atoms with Gasteiger partial charge in [0.05, 0.1) is 22.4 Å². The van der Waals surface area contributed by atoms with Crippen LogP contribution in [0.3, 0.4) is 0 Å². The molecule has 0 N–H and O–H groups in total. The molecule has 0 saturated heterocycles. The Balaban J connectivity index is 1.08. The molecule has 9 aromatic rings. The minimum atomic E-state index is 0.974. The second kappa shape index (κ2) is 10.3. The fourth-order valence-corrected chi connectivity index (χ4v) is 6.77. The lowest BCUT2D eigenvalue weighted by molar-refractivity contribution is 1.18. The Bertz CT molecular complexity index is 2310. The number of pyridine rings is 1. The Morgan fingerprint density at radius 1 is 0.333 bits per heavy atom. The van der Waals surface area contributed by atoms with Crippen molar-refractivity contribution in [2.24, 2.45) is 0 Å². The van der Waals surface area contributed by atoms with Crippen molar-refractivity contribution in [3.8, 4) is 50.5 Å². The molecule has 0 aliphatic carbocycles. The summed E-state index contributed by atoms with van der Waals surface area (Å²) in [5.41, 5.74) is 12.6. The normalized spacial score (nSPS) is 11.6. The van der Waals surface area contributed by atoms with Gasteiger partial charge in [0.1, 0.15) is 0 Å². The van der Waals surface area contributed by atoms with E-state index in [2.05, 4.69) is 162 Å². The third-order valence-corrected chi connectivity index (χ3v) is 8.97. The Morgan fingerprint density at radius 3 is 1.27 bits per heavy atom. The molecule has 0 atom stereocenters. The van der Waals surface area contributed by atoms with Gasteiger partial charge in [0.15, 0.2) is 0 Å². The fourth-order valence-electron chi connectivity index (χ4n) is 6.77. The SMILES string of the molecule is c1ccc(-c2cc(-c3ccc(-c4ccc(-n5c6cccc7ccc8cccc5c8c76)cc4)cc3)cc(-c3ccccc3)n2)cc1. The van der Waals surface area contributed by atoms with Gasteiger partial charge in [-0.05, 0) is 69.4 Å². The van der Waals surface area contributed by atoms with E-state index in [0.29, 0.717) is 0 Å². The van der Waals surface area contributed by atoms with Crippen molar-refractivity contribution in [1.82, 2.24) is 9.55 Å². The third kappa shape index (κ3) is 4.30. The molecule has 210 valence electrons. The second-order valence-corrected chi connectivity index (χ2v) is 11.6. The molecule has 0 fully saturated rings. The van der Waals surface area contributed by atoms with Crippen molar-refractivity contribution in [2.45, 2.75) is 0 Å². The van der Waals surface area contributed by atoms with Crippen molar-refractivity contribution in [1.29, 1.82) is 0 Å². The van der Waals surface area contributed by atoms with Crippen LogP contribution >= 0.6 is 0 Å². The van der Waals surface area contributed by atoms with Crippen molar-refractivity contribution < 1.29 is 0 Å². The molecule has 2 aromatic heterocycles. The molecule has 0 aliphatic heterocycles. The molecule has 7 aromatic carbocycles. The van der Waals surface area contributed by atoms with E-state index in [1.165, 1.54) is 55.0 Å². The zero-order valence-electron chi connectivity index (χ0n) is 24.6. The highest BCUT2D eigenvalue weighted by atomic mass is 15.0. The first kappa shape index (κ1) is 25.5. The van der Waals surface area contributed by atoms with E-state index in [0.717, 1.165) is 28.1 Å². The largest absolute Gasteiger partial charge is 0.309 e. The fraction of sp³-hybridized carbons (Fsp3) is 0. The standard InChI is InChI=1S/C43H28N2/c1-3-9-32(10-4-1)38-27-36(28-39(44-38)33-11-5-2-6-12-33)31-19-17-29(18-20-31)30-23-25-37(26-24-30)45-40-15-7-13-34-21-22-35-14-8-16-41(45)43(35)42(34)40/h1-28H. The minimum Gasteiger partial charge on any atom is -0.309 e. The quantitative estimate of drug-likeness (QED) is 0.188. The molecule has 45 heavy (non-hydrogen) atoms. The Morgan fingerprint density at radius 2 is 0.778 bits per heavy atom. The number of rotatable bonds is 5. The van der Waals surface area contributed by atoms with Gasteiger partial charge in [0.2, 0.25) is 0 Å². The smallest absolute Gasteiger partial charge is 0.0715 e. The average molecular weight is 573 g/mol. The lowest BCUT2D eigenvalue weighted by atomic mass is 9.97. The van der Waals surface area contributed by atoms with Gasteiger partial charge in [0.25, 0.3) is 0 Å². The van der Waals surface area contributed by atoms with Gasteiger partial charge >= 0.3 is 0 Å². The molecule has 0 radical (unpaired) electrons. The summed E-state index contributed by atoms with van der Waals surface area (Å²) in [5, 5.41) is 5.25. The topological polar surface area (TPSA) is 17.8 Å². The zero-order valence-corrected chi connectivity index (χ0v) is 24.6. The molecule has 2 heterocycles. The van der Waals surface area contributed by atoms with Gasteiger partial charge in [-0.15, -0.1) is 0 Å². The van der Waals surface area contributed by atoms with Gasteiger partial charge in [0, 0.05) is 27.6 Å². The van der Waals surface area contributed by atoms with Crippen LogP contribution in [-0.2, 0) is 0 Å². The Labute approximate surface area is 261 Å². The number of benzene rings is 7. The number of nitrogens with zero attached hydrogens (tertiary/aromatic N) is 2. The Kier molecular flexibility index (Phi) is 5.85. The molecule has 9 rings (SSSR count). The van der Waals surface area contributed by atoms with Crippen LogP contribution in [0.4, 0.5) is 0 Å². The minimum absolute atomic E-state index is 0.974. The summed E-state index contributed by atoms with van der Waals surface area (Å²) in [6.45, 7) is 0. The molecule has 0 saturated carbocycles. The molecule has 0 aliphatic rings.